The van der Waals surface area contributed by atoms with Crippen molar-refractivity contribution in [2.24, 2.45) is 0 Å². The quantitative estimate of drug-likeness (QED) is 0.767. The molecule has 162 valence electrons. The van der Waals surface area contributed by atoms with Gasteiger partial charge in [0.15, 0.2) is 0 Å². The number of aryl methyl sites for hydroxylation is 2. The Morgan fingerprint density at radius 1 is 1.24 bits per heavy atom. The maximum atomic E-state index is 13.0. The first-order chi connectivity index (χ1) is 13.8. The largest absolute Gasteiger partial charge is 0.388 e. The Morgan fingerprint density at radius 3 is 2.59 bits per heavy atom. The molecule has 2 aliphatic heterocycles. The zero-order valence-electron chi connectivity index (χ0n) is 18.0. The van der Waals surface area contributed by atoms with Crippen LogP contribution in [0.3, 0.4) is 0 Å². The fourth-order valence-corrected chi connectivity index (χ4v) is 4.54. The van der Waals surface area contributed by atoms with E-state index in [9.17, 15) is 14.7 Å². The van der Waals surface area contributed by atoms with E-state index in [0.717, 1.165) is 44.6 Å². The predicted molar refractivity (Wildman–Crippen MR) is 111 cm³/mol. The molecule has 0 bridgehead atoms. The molecular formula is C21H35N5O3. The van der Waals surface area contributed by atoms with Gasteiger partial charge in [0.2, 0.25) is 5.91 Å². The molecule has 1 aromatic rings. The van der Waals surface area contributed by atoms with Crippen LogP contribution in [0.25, 0.3) is 0 Å². The van der Waals surface area contributed by atoms with E-state index in [2.05, 4.69) is 15.3 Å². The van der Waals surface area contributed by atoms with Gasteiger partial charge >= 0.3 is 0 Å². The first-order valence-electron chi connectivity index (χ1n) is 10.8. The van der Waals surface area contributed by atoms with Crippen LogP contribution in [-0.2, 0) is 11.3 Å². The third-order valence-electron chi connectivity index (χ3n) is 6.22. The Bertz CT molecular complexity index is 726. The number of nitrogens with one attached hydrogen (secondary N) is 1. The molecule has 0 spiro atoms. The molecule has 1 atom stereocenters. The third kappa shape index (κ3) is 5.57. The van der Waals surface area contributed by atoms with Gasteiger partial charge in [0, 0.05) is 58.4 Å². The minimum atomic E-state index is -0.765. The molecule has 0 radical (unpaired) electrons. The number of amides is 2. The minimum absolute atomic E-state index is 0.0163. The van der Waals surface area contributed by atoms with Gasteiger partial charge in [-0.15, -0.1) is 0 Å². The van der Waals surface area contributed by atoms with Crippen LogP contribution in [0.1, 0.15) is 62.0 Å². The van der Waals surface area contributed by atoms with Gasteiger partial charge in [0.05, 0.1) is 16.9 Å². The molecule has 0 saturated carbocycles. The van der Waals surface area contributed by atoms with E-state index in [-0.39, 0.29) is 17.9 Å². The summed E-state index contributed by atoms with van der Waals surface area (Å²) < 4.78 is 1.79. The molecule has 2 aliphatic rings. The van der Waals surface area contributed by atoms with E-state index in [1.54, 1.807) is 11.6 Å². The van der Waals surface area contributed by atoms with Crippen molar-refractivity contribution in [3.8, 4) is 0 Å². The lowest BCUT2D eigenvalue weighted by molar-refractivity contribution is -0.120. The van der Waals surface area contributed by atoms with Crippen molar-refractivity contribution in [1.82, 2.24) is 24.9 Å². The van der Waals surface area contributed by atoms with Crippen molar-refractivity contribution < 1.29 is 14.7 Å². The van der Waals surface area contributed by atoms with Gasteiger partial charge in [0.1, 0.15) is 0 Å². The highest BCUT2D eigenvalue weighted by atomic mass is 16.3. The van der Waals surface area contributed by atoms with Crippen molar-refractivity contribution in [2.45, 2.75) is 71.1 Å². The highest BCUT2D eigenvalue weighted by Gasteiger charge is 2.35. The van der Waals surface area contributed by atoms with Crippen molar-refractivity contribution in [2.75, 3.05) is 32.7 Å². The Labute approximate surface area is 173 Å². The average molecular weight is 406 g/mol. The molecule has 8 heteroatoms. The summed E-state index contributed by atoms with van der Waals surface area (Å²) >= 11 is 0. The molecular weight excluding hydrogens is 370 g/mol. The number of aromatic nitrogens is 2. The van der Waals surface area contributed by atoms with Crippen LogP contribution in [0, 0.1) is 6.92 Å². The van der Waals surface area contributed by atoms with E-state index in [1.807, 2.05) is 24.9 Å². The van der Waals surface area contributed by atoms with Crippen LogP contribution in [0.15, 0.2) is 6.20 Å². The first kappa shape index (κ1) is 21.8. The lowest BCUT2D eigenvalue weighted by Gasteiger charge is -2.38. The van der Waals surface area contributed by atoms with Gasteiger partial charge in [-0.2, -0.15) is 5.10 Å². The number of carbonyl (C=O) groups excluding carboxylic acids is 2. The van der Waals surface area contributed by atoms with Gasteiger partial charge in [-0.1, -0.05) is 0 Å². The van der Waals surface area contributed by atoms with Crippen molar-refractivity contribution in [1.29, 1.82) is 0 Å². The van der Waals surface area contributed by atoms with Gasteiger partial charge < -0.3 is 20.2 Å². The van der Waals surface area contributed by atoms with Crippen LogP contribution >= 0.6 is 0 Å². The van der Waals surface area contributed by atoms with E-state index in [4.69, 9.17) is 0 Å². The zero-order valence-corrected chi connectivity index (χ0v) is 18.0. The topological polar surface area (TPSA) is 90.7 Å². The highest BCUT2D eigenvalue weighted by molar-refractivity contribution is 5.95. The summed E-state index contributed by atoms with van der Waals surface area (Å²) in [5.74, 6) is 0.0397. The number of rotatable bonds is 5. The van der Waals surface area contributed by atoms with Crippen LogP contribution < -0.4 is 5.32 Å². The molecule has 2 N–H and O–H groups in total. The molecule has 3 rings (SSSR count). The number of hydrogen-bond donors (Lipinski definition) is 2. The standard InChI is InChI=1S/C21H35N5O3/c1-4-26-14-19(16(2)23-26)20(28)25-10-5-8-21(29,9-13-25)15-24-11-6-18(7-12-24)22-17(3)27/h14,18,29H,4-13,15H2,1-3H3,(H,22,27)/t21-/m1/s1. The minimum Gasteiger partial charge on any atom is -0.388 e. The molecule has 2 amide bonds. The summed E-state index contributed by atoms with van der Waals surface area (Å²) in [6.45, 7) is 9.81. The Hall–Kier alpha value is -1.93. The Kier molecular flexibility index (Phi) is 6.95. The number of piperidine rings is 1. The average Bonchev–Trinajstić information content (AvgIpc) is 2.95. The molecule has 0 aromatic carbocycles. The normalized spacial score (nSPS) is 24.3. The number of aliphatic hydroxyl groups is 1. The molecule has 0 aliphatic carbocycles. The molecule has 2 saturated heterocycles. The monoisotopic (exact) mass is 405 g/mol. The lowest BCUT2D eigenvalue weighted by atomic mass is 9.93. The van der Waals surface area contributed by atoms with Gasteiger partial charge in [-0.05, 0) is 46.0 Å². The second-order valence-electron chi connectivity index (χ2n) is 8.60. The third-order valence-corrected chi connectivity index (χ3v) is 6.22. The van der Waals surface area contributed by atoms with E-state index in [0.29, 0.717) is 38.0 Å². The summed E-state index contributed by atoms with van der Waals surface area (Å²) in [4.78, 5) is 28.4. The van der Waals surface area contributed by atoms with Crippen molar-refractivity contribution in [3.05, 3.63) is 17.5 Å². The van der Waals surface area contributed by atoms with E-state index >= 15 is 0 Å². The molecule has 0 unspecified atom stereocenters. The summed E-state index contributed by atoms with van der Waals surface area (Å²) in [6.07, 6.45) is 5.75. The number of β-amino-alcohol motifs (C(OH)–C–C–N with tert-alkyl or cyclic N) is 1. The van der Waals surface area contributed by atoms with Gasteiger partial charge in [-0.3, -0.25) is 14.3 Å². The summed E-state index contributed by atoms with van der Waals surface area (Å²) in [7, 11) is 0. The molecule has 3 heterocycles. The summed E-state index contributed by atoms with van der Waals surface area (Å²) in [6, 6.07) is 0.243. The lowest BCUT2D eigenvalue weighted by Crippen LogP contribution is -2.50. The van der Waals surface area contributed by atoms with E-state index in [1.165, 1.54) is 0 Å². The van der Waals surface area contributed by atoms with Gasteiger partial charge in [0.25, 0.3) is 5.91 Å². The second-order valence-corrected chi connectivity index (χ2v) is 8.60. The first-order valence-corrected chi connectivity index (χ1v) is 10.8. The maximum Gasteiger partial charge on any atom is 0.257 e. The van der Waals surface area contributed by atoms with E-state index < -0.39 is 5.60 Å². The van der Waals surface area contributed by atoms with Crippen molar-refractivity contribution in [3.63, 3.8) is 0 Å². The summed E-state index contributed by atoms with van der Waals surface area (Å²) in [5.41, 5.74) is 0.661. The van der Waals surface area contributed by atoms with Crippen LogP contribution in [0.4, 0.5) is 0 Å². The molecule has 2 fully saturated rings. The zero-order chi connectivity index (χ0) is 21.0. The fraction of sp³-hybridized carbons (Fsp3) is 0.762. The SMILES string of the molecule is CCn1cc(C(=O)N2CCC[C@](O)(CN3CCC(NC(C)=O)CC3)CC2)c(C)n1. The Balaban J connectivity index is 1.54. The number of carbonyl (C=O) groups is 2. The highest BCUT2D eigenvalue weighted by Crippen LogP contribution is 2.26. The smallest absolute Gasteiger partial charge is 0.257 e. The number of likely N-dealkylation sites (tertiary alicyclic amines) is 2. The molecule has 8 nitrogen and oxygen atoms in total. The number of hydrogen-bond acceptors (Lipinski definition) is 5. The maximum absolute atomic E-state index is 13.0. The molecule has 29 heavy (non-hydrogen) atoms. The number of nitrogens with zero attached hydrogens (tertiary/aromatic N) is 4. The fourth-order valence-electron chi connectivity index (χ4n) is 4.54. The summed E-state index contributed by atoms with van der Waals surface area (Å²) in [5, 5.41) is 18.6. The predicted octanol–water partition coefficient (Wildman–Crippen LogP) is 1.17. The van der Waals surface area contributed by atoms with Crippen LogP contribution in [0.2, 0.25) is 0 Å². The molecule has 1 aromatic heterocycles. The Morgan fingerprint density at radius 2 is 1.97 bits per heavy atom. The second kappa shape index (κ2) is 9.26. The van der Waals surface area contributed by atoms with Crippen LogP contribution in [0.5, 0.6) is 0 Å². The van der Waals surface area contributed by atoms with Crippen LogP contribution in [-0.4, -0.2) is 80.9 Å². The van der Waals surface area contributed by atoms with Crippen molar-refractivity contribution >= 4 is 11.8 Å². The van der Waals surface area contributed by atoms with Gasteiger partial charge in [-0.25, -0.2) is 0 Å².